The number of phenols is 1. The lowest BCUT2D eigenvalue weighted by atomic mass is 9.76. The molecular weight excluding hydrogens is 589 g/mol. The Kier molecular flexibility index (Phi) is 11.9. The van der Waals surface area contributed by atoms with Crippen molar-refractivity contribution in [2.75, 3.05) is 0 Å². The third kappa shape index (κ3) is 10.8. The quantitative estimate of drug-likeness (QED) is 0.151. The van der Waals surface area contributed by atoms with Crippen molar-refractivity contribution >= 4 is 35.5 Å². The van der Waals surface area contributed by atoms with Crippen LogP contribution in [0.2, 0.25) is 0 Å². The smallest absolute Gasteiger partial charge is 0.306 e. The third-order valence-electron chi connectivity index (χ3n) is 7.42. The maximum Gasteiger partial charge on any atom is 0.306 e. The molecule has 0 unspecified atom stereocenters. The molecule has 0 aliphatic carbocycles. The second-order valence-corrected chi connectivity index (χ2v) is 20.0. The molecule has 0 heterocycles. The summed E-state index contributed by atoms with van der Waals surface area (Å²) in [6.45, 7) is 30.6. The Morgan fingerprint density at radius 3 is 1.34 bits per heavy atom. The minimum atomic E-state index is -0.910. The molecule has 0 amide bonds. The molecule has 0 fully saturated rings. The van der Waals surface area contributed by atoms with Gasteiger partial charge in [0.15, 0.2) is 0 Å². The van der Waals surface area contributed by atoms with Crippen LogP contribution in [0.5, 0.6) is 5.75 Å². The summed E-state index contributed by atoms with van der Waals surface area (Å²) in [5.41, 5.74) is 4.43. The number of rotatable bonds is 10. The Bertz CT molecular complexity index is 1280. The molecule has 0 aromatic heterocycles. The van der Waals surface area contributed by atoms with Crippen molar-refractivity contribution in [2.24, 2.45) is 0 Å². The minimum Gasteiger partial charge on any atom is -0.507 e. The second-order valence-electron chi connectivity index (χ2n) is 16.4. The maximum atomic E-state index is 12.5. The molecule has 2 N–H and O–H groups in total. The Labute approximate surface area is 275 Å². The van der Waals surface area contributed by atoms with Crippen molar-refractivity contribution in [1.82, 2.24) is 0 Å². The van der Waals surface area contributed by atoms with Crippen molar-refractivity contribution in [2.45, 2.75) is 158 Å². The number of phenolic OH excluding ortho intramolecular Hbond substituents is 1. The highest BCUT2D eigenvalue weighted by molar-refractivity contribution is 8.18. The highest BCUT2D eigenvalue weighted by atomic mass is 32.2. The molecule has 0 spiro atoms. The Balaban J connectivity index is 2.53. The topological polar surface area (TPSA) is 83.8 Å². The maximum absolute atomic E-state index is 12.5. The van der Waals surface area contributed by atoms with E-state index < -0.39 is 5.97 Å². The number of carboxylic acid groups (broad SMARTS) is 1. The number of esters is 1. The molecule has 0 aliphatic heterocycles. The van der Waals surface area contributed by atoms with E-state index in [1.807, 2.05) is 11.8 Å². The van der Waals surface area contributed by atoms with E-state index in [1.165, 1.54) is 0 Å². The number of benzene rings is 2. The zero-order chi connectivity index (χ0) is 34.1. The molecule has 0 aliphatic rings. The fourth-order valence-corrected chi connectivity index (χ4v) is 7.79. The lowest BCUT2D eigenvalue weighted by Crippen LogP contribution is -2.23. The van der Waals surface area contributed by atoms with Crippen molar-refractivity contribution in [3.05, 3.63) is 52.1 Å². The van der Waals surface area contributed by atoms with E-state index in [-0.39, 0.29) is 57.6 Å². The fourth-order valence-electron chi connectivity index (χ4n) is 5.21. The zero-order valence-corrected chi connectivity index (χ0v) is 31.2. The van der Waals surface area contributed by atoms with Gasteiger partial charge in [-0.15, -0.1) is 23.5 Å². The second kappa shape index (κ2) is 13.7. The third-order valence-corrected chi connectivity index (χ3v) is 9.84. The van der Waals surface area contributed by atoms with E-state index in [2.05, 4.69) is 121 Å². The van der Waals surface area contributed by atoms with Crippen LogP contribution in [-0.2, 0) is 42.6 Å². The number of carbonyl (C=O) groups is 2. The van der Waals surface area contributed by atoms with Crippen molar-refractivity contribution in [3.8, 4) is 5.75 Å². The normalized spacial score (nSPS) is 13.2. The molecule has 0 radical (unpaired) electrons. The van der Waals surface area contributed by atoms with Gasteiger partial charge in [-0.25, -0.2) is 0 Å². The van der Waals surface area contributed by atoms with Crippen LogP contribution in [0.4, 0.5) is 0 Å². The van der Waals surface area contributed by atoms with E-state index in [0.29, 0.717) is 5.75 Å². The largest absolute Gasteiger partial charge is 0.507 e. The summed E-state index contributed by atoms with van der Waals surface area (Å²) in [6, 6.07) is 8.78. The average Bonchev–Trinajstić information content (AvgIpc) is 2.80. The van der Waals surface area contributed by atoms with E-state index in [9.17, 15) is 14.7 Å². The first-order valence-corrected chi connectivity index (χ1v) is 17.2. The molecule has 0 bridgehead atoms. The van der Waals surface area contributed by atoms with Gasteiger partial charge in [-0.2, -0.15) is 0 Å². The molecule has 44 heavy (non-hydrogen) atoms. The van der Waals surface area contributed by atoms with Crippen molar-refractivity contribution in [3.63, 3.8) is 0 Å². The van der Waals surface area contributed by atoms with Gasteiger partial charge in [0.1, 0.15) is 12.4 Å². The molecule has 0 saturated carbocycles. The summed E-state index contributed by atoms with van der Waals surface area (Å²) >= 11 is 3.62. The van der Waals surface area contributed by atoms with Gasteiger partial charge in [0.2, 0.25) is 0 Å². The van der Waals surface area contributed by atoms with E-state index >= 15 is 0 Å². The molecule has 2 aromatic rings. The van der Waals surface area contributed by atoms with Crippen molar-refractivity contribution in [1.29, 1.82) is 0 Å². The number of aromatic hydroxyl groups is 1. The standard InChI is InChI=1S/C37H56O5S2/c1-33(2,3)26-18-23(19-27(34(4,5)6)25(26)22-42-31(40)17-15-16-30(38)39)43-37(13,14)44-24-20-28(35(7,8)9)32(41)29(21-24)36(10,11)12/h18-21,41H,15-17,22H2,1-14H3,(H,38,39). The van der Waals surface area contributed by atoms with Crippen LogP contribution in [0.25, 0.3) is 0 Å². The number of thioether (sulfide) groups is 2. The highest BCUT2D eigenvalue weighted by Crippen LogP contribution is 2.50. The van der Waals surface area contributed by atoms with Gasteiger partial charge in [0.05, 0.1) is 4.08 Å². The first-order chi connectivity index (χ1) is 19.7. The SMILES string of the molecule is CC(C)(Sc1cc(C(C)(C)C)c(O)c(C(C)(C)C)c1)Sc1cc(C(C)(C)C)c(COC(=O)CCCC(=O)O)c(C(C)(C)C)c1. The summed E-state index contributed by atoms with van der Waals surface area (Å²) in [7, 11) is 0. The van der Waals surface area contributed by atoms with E-state index in [0.717, 1.165) is 37.6 Å². The zero-order valence-electron chi connectivity index (χ0n) is 29.6. The van der Waals surface area contributed by atoms with Gasteiger partial charge >= 0.3 is 11.9 Å². The van der Waals surface area contributed by atoms with Crippen LogP contribution in [0.15, 0.2) is 34.1 Å². The lowest BCUT2D eigenvalue weighted by molar-refractivity contribution is -0.145. The summed E-state index contributed by atoms with van der Waals surface area (Å²) in [5, 5.41) is 20.1. The average molecular weight is 645 g/mol. The molecular formula is C37H56O5S2. The fraction of sp³-hybridized carbons (Fsp3) is 0.622. The number of hydrogen-bond donors (Lipinski definition) is 2. The van der Waals surface area contributed by atoms with Crippen molar-refractivity contribution < 1.29 is 24.5 Å². The summed E-state index contributed by atoms with van der Waals surface area (Å²) in [6.07, 6.45) is 0.311. The Morgan fingerprint density at radius 1 is 0.636 bits per heavy atom. The van der Waals surface area contributed by atoms with Gasteiger partial charge in [-0.3, -0.25) is 9.59 Å². The first-order valence-electron chi connectivity index (χ1n) is 15.5. The Hall–Kier alpha value is -2.12. The van der Waals surface area contributed by atoms with Crippen LogP contribution in [0.1, 0.15) is 144 Å². The monoisotopic (exact) mass is 644 g/mol. The van der Waals surface area contributed by atoms with E-state index in [4.69, 9.17) is 9.84 Å². The number of ether oxygens (including phenoxy) is 1. The molecule has 2 rings (SSSR count). The van der Waals surface area contributed by atoms with Gasteiger partial charge in [0, 0.05) is 33.8 Å². The predicted molar refractivity (Wildman–Crippen MR) is 186 cm³/mol. The molecule has 0 saturated heterocycles. The van der Waals surface area contributed by atoms with Crippen LogP contribution in [-0.4, -0.2) is 26.2 Å². The van der Waals surface area contributed by atoms with Crippen LogP contribution >= 0.6 is 23.5 Å². The number of aliphatic carboxylic acids is 1. The van der Waals surface area contributed by atoms with Gasteiger partial charge in [0.25, 0.3) is 0 Å². The Morgan fingerprint density at radius 2 is 1.00 bits per heavy atom. The van der Waals surface area contributed by atoms with Gasteiger partial charge in [-0.1, -0.05) is 83.1 Å². The minimum absolute atomic E-state index is 0.0471. The molecule has 5 nitrogen and oxygen atoms in total. The first kappa shape index (κ1) is 38.1. The highest BCUT2D eigenvalue weighted by Gasteiger charge is 2.32. The molecule has 0 atom stereocenters. The number of carbonyl (C=O) groups excluding carboxylic acids is 1. The summed E-state index contributed by atoms with van der Waals surface area (Å²) in [4.78, 5) is 25.6. The molecule has 2 aromatic carbocycles. The van der Waals surface area contributed by atoms with Crippen LogP contribution in [0.3, 0.4) is 0 Å². The summed E-state index contributed by atoms with van der Waals surface area (Å²) < 4.78 is 5.49. The lowest BCUT2D eigenvalue weighted by Gasteiger charge is -2.33. The van der Waals surface area contributed by atoms with Gasteiger partial charge < -0.3 is 14.9 Å². The summed E-state index contributed by atoms with van der Waals surface area (Å²) in [5.74, 6) is -0.894. The van der Waals surface area contributed by atoms with E-state index in [1.54, 1.807) is 11.8 Å². The van der Waals surface area contributed by atoms with Crippen LogP contribution in [0, 0.1) is 0 Å². The van der Waals surface area contributed by atoms with Crippen LogP contribution < -0.4 is 0 Å². The predicted octanol–water partition coefficient (Wildman–Crippen LogP) is 10.5. The number of carboxylic acids is 1. The molecule has 246 valence electrons. The molecule has 7 heteroatoms. The number of hydrogen-bond acceptors (Lipinski definition) is 6. The van der Waals surface area contributed by atoms with Gasteiger partial charge in [-0.05, 0) is 82.9 Å².